The molecule has 5 nitrogen and oxygen atoms in total. The van der Waals surface area contributed by atoms with Crippen LogP contribution in [0, 0.1) is 17.0 Å². The normalized spacial score (nSPS) is 10.1. The highest BCUT2D eigenvalue weighted by molar-refractivity contribution is 7.80. The fourth-order valence-corrected chi connectivity index (χ4v) is 2.35. The highest BCUT2D eigenvalue weighted by Gasteiger charge is 2.15. The Bertz CT molecular complexity index is 736. The van der Waals surface area contributed by atoms with Gasteiger partial charge in [0.15, 0.2) is 5.11 Å². The third-order valence-corrected chi connectivity index (χ3v) is 3.60. The number of hydrogen-bond donors (Lipinski definition) is 2. The van der Waals surface area contributed by atoms with Gasteiger partial charge in [0.1, 0.15) is 5.02 Å². The lowest BCUT2D eigenvalue weighted by Crippen LogP contribution is -2.19. The molecule has 0 unspecified atom stereocenters. The first-order chi connectivity index (χ1) is 10.4. The Balaban J connectivity index is 2.13. The zero-order chi connectivity index (χ0) is 16.3. The molecule has 0 amide bonds. The van der Waals surface area contributed by atoms with E-state index in [0.29, 0.717) is 21.4 Å². The molecule has 0 fully saturated rings. The number of benzene rings is 2. The number of anilines is 2. The fourth-order valence-electron chi connectivity index (χ4n) is 1.76. The number of aryl methyl sites for hydroxylation is 1. The van der Waals surface area contributed by atoms with Crippen molar-refractivity contribution in [3.8, 4) is 0 Å². The summed E-state index contributed by atoms with van der Waals surface area (Å²) >= 11 is 16.9. The van der Waals surface area contributed by atoms with Gasteiger partial charge < -0.3 is 10.6 Å². The molecule has 2 rings (SSSR count). The predicted molar refractivity (Wildman–Crippen MR) is 94.1 cm³/mol. The van der Waals surface area contributed by atoms with Crippen LogP contribution in [0.4, 0.5) is 17.1 Å². The van der Waals surface area contributed by atoms with Crippen molar-refractivity contribution < 1.29 is 4.92 Å². The molecule has 8 heteroatoms. The summed E-state index contributed by atoms with van der Waals surface area (Å²) in [6, 6.07) is 9.92. The fraction of sp³-hybridized carbons (Fsp3) is 0.0714. The summed E-state index contributed by atoms with van der Waals surface area (Å²) in [7, 11) is 0. The second-order valence-corrected chi connectivity index (χ2v) is 5.71. The quantitative estimate of drug-likeness (QED) is 0.459. The smallest absolute Gasteiger partial charge is 0.288 e. The SMILES string of the molecule is Cc1cc([N+](=O)[O-])c(Cl)cc1NC(=S)Nc1ccc(Cl)cc1. The number of thiocarbonyl (C=S) groups is 1. The van der Waals surface area contributed by atoms with Crippen molar-refractivity contribution in [2.24, 2.45) is 0 Å². The van der Waals surface area contributed by atoms with Crippen LogP contribution in [0.5, 0.6) is 0 Å². The number of nitro benzene ring substituents is 1. The van der Waals surface area contributed by atoms with Gasteiger partial charge in [-0.15, -0.1) is 0 Å². The molecule has 0 aromatic heterocycles. The van der Waals surface area contributed by atoms with Crippen LogP contribution in [-0.4, -0.2) is 10.0 Å². The molecule has 0 saturated carbocycles. The van der Waals surface area contributed by atoms with Crippen molar-refractivity contribution in [1.82, 2.24) is 0 Å². The van der Waals surface area contributed by atoms with E-state index >= 15 is 0 Å². The first-order valence-corrected chi connectivity index (χ1v) is 7.31. The molecule has 22 heavy (non-hydrogen) atoms. The Labute approximate surface area is 142 Å². The van der Waals surface area contributed by atoms with Crippen molar-refractivity contribution >= 4 is 57.6 Å². The van der Waals surface area contributed by atoms with Crippen LogP contribution in [0.25, 0.3) is 0 Å². The molecule has 0 spiro atoms. The monoisotopic (exact) mass is 355 g/mol. The second kappa shape index (κ2) is 6.91. The lowest BCUT2D eigenvalue weighted by molar-refractivity contribution is -0.384. The molecule has 0 atom stereocenters. The van der Waals surface area contributed by atoms with Gasteiger partial charge in [0.2, 0.25) is 0 Å². The largest absolute Gasteiger partial charge is 0.332 e. The molecule has 2 aromatic rings. The molecule has 2 aromatic carbocycles. The Kier molecular flexibility index (Phi) is 5.18. The molecular weight excluding hydrogens is 345 g/mol. The Hall–Kier alpha value is -1.89. The number of nitrogens with one attached hydrogen (secondary N) is 2. The van der Waals surface area contributed by atoms with Gasteiger partial charge in [0.05, 0.1) is 4.92 Å². The zero-order valence-electron chi connectivity index (χ0n) is 11.4. The topological polar surface area (TPSA) is 67.2 Å². The van der Waals surface area contributed by atoms with E-state index in [2.05, 4.69) is 10.6 Å². The number of hydrogen-bond acceptors (Lipinski definition) is 3. The van der Waals surface area contributed by atoms with Crippen LogP contribution >= 0.6 is 35.4 Å². The van der Waals surface area contributed by atoms with Crippen LogP contribution in [-0.2, 0) is 0 Å². The van der Waals surface area contributed by atoms with E-state index in [4.69, 9.17) is 35.4 Å². The maximum Gasteiger partial charge on any atom is 0.288 e. The molecule has 0 aliphatic rings. The van der Waals surface area contributed by atoms with Crippen LogP contribution < -0.4 is 10.6 Å². The van der Waals surface area contributed by atoms with Gasteiger partial charge in [0.25, 0.3) is 5.69 Å². The maximum absolute atomic E-state index is 10.8. The minimum absolute atomic E-state index is 0.0485. The van der Waals surface area contributed by atoms with E-state index in [0.717, 1.165) is 5.69 Å². The first-order valence-electron chi connectivity index (χ1n) is 6.15. The highest BCUT2D eigenvalue weighted by Crippen LogP contribution is 2.30. The lowest BCUT2D eigenvalue weighted by atomic mass is 10.2. The Morgan fingerprint density at radius 3 is 2.41 bits per heavy atom. The van der Waals surface area contributed by atoms with Crippen LogP contribution in [0.2, 0.25) is 10.0 Å². The van der Waals surface area contributed by atoms with Crippen LogP contribution in [0.15, 0.2) is 36.4 Å². The summed E-state index contributed by atoms with van der Waals surface area (Å²) in [4.78, 5) is 10.3. The minimum atomic E-state index is -0.524. The molecule has 0 saturated heterocycles. The standard InChI is InChI=1S/C14H11Cl2N3O2S/c1-8-6-13(19(20)21)11(16)7-12(8)18-14(22)17-10-4-2-9(15)3-5-10/h2-7H,1H3,(H2,17,18,22). The van der Waals surface area contributed by atoms with E-state index in [1.165, 1.54) is 12.1 Å². The average molecular weight is 356 g/mol. The summed E-state index contributed by atoms with van der Waals surface area (Å²) in [5.41, 5.74) is 1.90. The van der Waals surface area contributed by atoms with Gasteiger partial charge in [-0.1, -0.05) is 23.2 Å². The van der Waals surface area contributed by atoms with E-state index in [1.54, 1.807) is 31.2 Å². The van der Waals surface area contributed by atoms with Crippen molar-refractivity contribution in [3.05, 3.63) is 62.1 Å². The summed E-state index contributed by atoms with van der Waals surface area (Å²) in [6.07, 6.45) is 0. The summed E-state index contributed by atoms with van der Waals surface area (Å²) in [6.45, 7) is 1.73. The van der Waals surface area contributed by atoms with E-state index in [1.807, 2.05) is 0 Å². The van der Waals surface area contributed by atoms with Gasteiger partial charge in [0, 0.05) is 22.5 Å². The molecule has 0 aliphatic heterocycles. The lowest BCUT2D eigenvalue weighted by Gasteiger charge is -2.13. The predicted octanol–water partition coefficient (Wildman–Crippen LogP) is 5.02. The van der Waals surface area contributed by atoms with Crippen molar-refractivity contribution in [2.75, 3.05) is 10.6 Å². The van der Waals surface area contributed by atoms with Crippen LogP contribution in [0.3, 0.4) is 0 Å². The zero-order valence-corrected chi connectivity index (χ0v) is 13.7. The Morgan fingerprint density at radius 2 is 1.82 bits per heavy atom. The van der Waals surface area contributed by atoms with Gasteiger partial charge in [-0.3, -0.25) is 10.1 Å². The van der Waals surface area contributed by atoms with E-state index in [-0.39, 0.29) is 10.7 Å². The van der Waals surface area contributed by atoms with E-state index < -0.39 is 4.92 Å². The molecule has 0 aliphatic carbocycles. The summed E-state index contributed by atoms with van der Waals surface area (Å²) in [5, 5.41) is 17.8. The van der Waals surface area contributed by atoms with Gasteiger partial charge in [-0.2, -0.15) is 0 Å². The summed E-state index contributed by atoms with van der Waals surface area (Å²) in [5.74, 6) is 0. The third kappa shape index (κ3) is 4.07. The van der Waals surface area contributed by atoms with Crippen molar-refractivity contribution in [2.45, 2.75) is 6.92 Å². The van der Waals surface area contributed by atoms with E-state index in [9.17, 15) is 10.1 Å². The molecule has 0 radical (unpaired) electrons. The van der Waals surface area contributed by atoms with Crippen molar-refractivity contribution in [3.63, 3.8) is 0 Å². The first kappa shape index (κ1) is 16.5. The highest BCUT2D eigenvalue weighted by atomic mass is 35.5. The van der Waals surface area contributed by atoms with Gasteiger partial charge >= 0.3 is 0 Å². The van der Waals surface area contributed by atoms with Crippen molar-refractivity contribution in [1.29, 1.82) is 0 Å². The number of halogens is 2. The number of rotatable bonds is 3. The number of nitrogens with zero attached hydrogens (tertiary/aromatic N) is 1. The molecular formula is C14H11Cl2N3O2S. The summed E-state index contributed by atoms with van der Waals surface area (Å²) < 4.78 is 0. The van der Waals surface area contributed by atoms with Gasteiger partial charge in [-0.25, -0.2) is 0 Å². The number of nitro groups is 1. The molecule has 2 N–H and O–H groups in total. The third-order valence-electron chi connectivity index (χ3n) is 2.84. The Morgan fingerprint density at radius 1 is 1.18 bits per heavy atom. The van der Waals surface area contributed by atoms with Crippen LogP contribution in [0.1, 0.15) is 5.56 Å². The molecule has 0 bridgehead atoms. The second-order valence-electron chi connectivity index (χ2n) is 4.46. The minimum Gasteiger partial charge on any atom is -0.332 e. The average Bonchev–Trinajstić information content (AvgIpc) is 2.44. The maximum atomic E-state index is 10.8. The molecule has 0 heterocycles. The van der Waals surface area contributed by atoms with Gasteiger partial charge in [-0.05, 0) is 55.0 Å². The molecule has 114 valence electrons.